The van der Waals surface area contributed by atoms with E-state index in [0.29, 0.717) is 6.42 Å². The fraction of sp³-hybridized carbons (Fsp3) is 0.930. The van der Waals surface area contributed by atoms with Crippen molar-refractivity contribution in [1.82, 2.24) is 5.32 Å². The molecule has 0 aromatic rings. The molecule has 50 heavy (non-hydrogen) atoms. The Morgan fingerprint density at radius 3 is 1.14 bits per heavy atom. The molecule has 0 fully saturated rings. The largest absolute Gasteiger partial charge is 0.387 e. The molecule has 0 aliphatic rings. The van der Waals surface area contributed by atoms with Crippen LogP contribution in [-0.2, 0) is 14.9 Å². The zero-order chi connectivity index (χ0) is 36.8. The first kappa shape index (κ1) is 49.1. The average molecular weight is 728 g/mol. The zero-order valence-electron chi connectivity index (χ0n) is 33.3. The topological polar surface area (TPSA) is 104 Å². The Hall–Kier alpha value is -0.920. The Kier molecular flexibility index (Phi) is 37.1. The van der Waals surface area contributed by atoms with Crippen LogP contribution in [0.2, 0.25) is 0 Å². The minimum Gasteiger partial charge on any atom is -0.387 e. The van der Waals surface area contributed by atoms with Crippen LogP contribution in [0.5, 0.6) is 0 Å². The van der Waals surface area contributed by atoms with Gasteiger partial charge < -0.3 is 10.4 Å². The summed E-state index contributed by atoms with van der Waals surface area (Å²) in [5.74, 6) is -0.965. The third-order valence-electron chi connectivity index (χ3n) is 10.2. The molecule has 1 amide bonds. The first-order valence-corrected chi connectivity index (χ1v) is 23.5. The minimum atomic E-state index is -4.34. The van der Waals surface area contributed by atoms with Gasteiger partial charge in [0.25, 0.3) is 10.1 Å². The van der Waals surface area contributed by atoms with Crippen molar-refractivity contribution in [2.24, 2.45) is 0 Å². The van der Waals surface area contributed by atoms with Gasteiger partial charge in [0.2, 0.25) is 5.91 Å². The predicted molar refractivity (Wildman–Crippen MR) is 216 cm³/mol. The van der Waals surface area contributed by atoms with Crippen molar-refractivity contribution in [2.45, 2.75) is 251 Å². The molecule has 0 aromatic heterocycles. The predicted octanol–water partition coefficient (Wildman–Crippen LogP) is 13.0. The standard InChI is InChI=1S/C43H85NO5S/c1-3-5-7-9-11-13-15-17-19-21-23-25-27-29-31-33-35-37-39-43(46)44-41(40-50(47,48)49)42(45)38-36-34-32-30-28-26-24-22-20-18-16-14-12-10-8-6-4-2/h36,38,41-42,45H,3-35,37,39-40H2,1-2H3,(H,44,46)(H,47,48,49)/b38-36+. The molecule has 3 N–H and O–H groups in total. The van der Waals surface area contributed by atoms with Gasteiger partial charge in [-0.25, -0.2) is 0 Å². The van der Waals surface area contributed by atoms with Gasteiger partial charge >= 0.3 is 0 Å². The van der Waals surface area contributed by atoms with Gasteiger partial charge in [-0.05, 0) is 19.3 Å². The van der Waals surface area contributed by atoms with Crippen molar-refractivity contribution in [3.05, 3.63) is 12.2 Å². The number of carbonyl (C=O) groups is 1. The maximum absolute atomic E-state index is 12.5. The number of hydrogen-bond acceptors (Lipinski definition) is 4. The summed E-state index contributed by atoms with van der Waals surface area (Å²) >= 11 is 0. The van der Waals surface area contributed by atoms with Gasteiger partial charge in [-0.2, -0.15) is 8.42 Å². The maximum Gasteiger partial charge on any atom is 0.267 e. The molecule has 6 nitrogen and oxygen atoms in total. The lowest BCUT2D eigenvalue weighted by Crippen LogP contribution is -2.46. The fourth-order valence-electron chi connectivity index (χ4n) is 6.92. The summed E-state index contributed by atoms with van der Waals surface area (Å²) in [5.41, 5.74) is 0. The third kappa shape index (κ3) is 38.3. The molecule has 0 saturated heterocycles. The van der Waals surface area contributed by atoms with Gasteiger partial charge in [0, 0.05) is 6.42 Å². The summed E-state index contributed by atoms with van der Waals surface area (Å²) in [7, 11) is -4.34. The Labute approximate surface area is 312 Å². The highest BCUT2D eigenvalue weighted by atomic mass is 32.2. The number of rotatable bonds is 40. The first-order valence-electron chi connectivity index (χ1n) is 21.9. The SMILES string of the molecule is CCCCCCCCCCCCCCCCC/C=C/C(O)C(CS(=O)(=O)O)NC(=O)CCCCCCCCCCCCCCCCCCCC. The highest BCUT2D eigenvalue weighted by molar-refractivity contribution is 7.85. The van der Waals surface area contributed by atoms with Gasteiger partial charge in [-0.15, -0.1) is 0 Å². The quantitative estimate of drug-likeness (QED) is 0.0331. The number of allylic oxidation sites excluding steroid dienone is 1. The number of aliphatic hydroxyl groups is 1. The summed E-state index contributed by atoms with van der Waals surface area (Å²) < 4.78 is 32.5. The molecule has 0 aromatic carbocycles. The molecule has 7 heteroatoms. The molecule has 0 heterocycles. The van der Waals surface area contributed by atoms with E-state index < -0.39 is 28.0 Å². The molecule has 0 bridgehead atoms. The second kappa shape index (κ2) is 37.8. The number of aliphatic hydroxyl groups excluding tert-OH is 1. The van der Waals surface area contributed by atoms with E-state index >= 15 is 0 Å². The Balaban J connectivity index is 3.85. The Morgan fingerprint density at radius 2 is 0.820 bits per heavy atom. The van der Waals surface area contributed by atoms with E-state index in [0.717, 1.165) is 38.5 Å². The van der Waals surface area contributed by atoms with E-state index in [-0.39, 0.29) is 5.91 Å². The van der Waals surface area contributed by atoms with E-state index in [4.69, 9.17) is 0 Å². The van der Waals surface area contributed by atoms with Gasteiger partial charge in [-0.1, -0.05) is 225 Å². The van der Waals surface area contributed by atoms with Gasteiger partial charge in [0.15, 0.2) is 0 Å². The monoisotopic (exact) mass is 728 g/mol. The maximum atomic E-state index is 12.5. The number of unbranched alkanes of at least 4 members (excludes halogenated alkanes) is 32. The van der Waals surface area contributed by atoms with Crippen LogP contribution in [0.4, 0.5) is 0 Å². The molecule has 298 valence electrons. The molecule has 0 aliphatic heterocycles. The molecule has 0 radical (unpaired) electrons. The molecule has 0 saturated carbocycles. The van der Waals surface area contributed by atoms with E-state index in [1.165, 1.54) is 180 Å². The number of nitrogens with one attached hydrogen (secondary N) is 1. The van der Waals surface area contributed by atoms with E-state index in [9.17, 15) is 22.9 Å². The average Bonchev–Trinajstić information content (AvgIpc) is 3.08. The summed E-state index contributed by atoms with van der Waals surface area (Å²) in [5, 5.41) is 13.3. The molecular formula is C43H85NO5S. The lowest BCUT2D eigenvalue weighted by molar-refractivity contribution is -0.122. The summed E-state index contributed by atoms with van der Waals surface area (Å²) in [4.78, 5) is 12.5. The van der Waals surface area contributed by atoms with Crippen molar-refractivity contribution < 1.29 is 22.9 Å². The number of carbonyl (C=O) groups excluding carboxylic acids is 1. The van der Waals surface area contributed by atoms with Crippen LogP contribution in [0.3, 0.4) is 0 Å². The Morgan fingerprint density at radius 1 is 0.520 bits per heavy atom. The third-order valence-corrected chi connectivity index (χ3v) is 11.0. The summed E-state index contributed by atoms with van der Waals surface area (Å²) in [6.07, 6.45) is 46.3. The van der Waals surface area contributed by atoms with E-state index in [1.807, 2.05) is 6.08 Å². The molecule has 0 rings (SSSR count). The fourth-order valence-corrected chi connectivity index (χ4v) is 7.66. The van der Waals surface area contributed by atoms with Gasteiger partial charge in [0.1, 0.15) is 0 Å². The number of hydrogen-bond donors (Lipinski definition) is 3. The molecule has 0 spiro atoms. The van der Waals surface area contributed by atoms with Crippen LogP contribution in [0, 0.1) is 0 Å². The first-order chi connectivity index (χ1) is 24.3. The molecular weight excluding hydrogens is 643 g/mol. The van der Waals surface area contributed by atoms with Crippen LogP contribution in [-0.4, -0.2) is 41.9 Å². The summed E-state index contributed by atoms with van der Waals surface area (Å²) in [6.45, 7) is 4.54. The van der Waals surface area contributed by atoms with Gasteiger partial charge in [0.05, 0.1) is 17.9 Å². The van der Waals surface area contributed by atoms with Crippen LogP contribution in [0.1, 0.15) is 239 Å². The lowest BCUT2D eigenvalue weighted by atomic mass is 10.0. The highest BCUT2D eigenvalue weighted by Crippen LogP contribution is 2.16. The zero-order valence-corrected chi connectivity index (χ0v) is 34.1. The van der Waals surface area contributed by atoms with Crippen molar-refractivity contribution in [2.75, 3.05) is 5.75 Å². The van der Waals surface area contributed by atoms with Gasteiger partial charge in [-0.3, -0.25) is 9.35 Å². The normalized spacial score (nSPS) is 13.3. The second-order valence-electron chi connectivity index (χ2n) is 15.3. The van der Waals surface area contributed by atoms with Crippen molar-refractivity contribution in [1.29, 1.82) is 0 Å². The number of amides is 1. The van der Waals surface area contributed by atoms with Crippen LogP contribution < -0.4 is 5.32 Å². The highest BCUT2D eigenvalue weighted by Gasteiger charge is 2.24. The molecule has 0 aliphatic carbocycles. The summed E-state index contributed by atoms with van der Waals surface area (Å²) in [6, 6.07) is -1.05. The van der Waals surface area contributed by atoms with Crippen molar-refractivity contribution >= 4 is 16.0 Å². The van der Waals surface area contributed by atoms with Crippen molar-refractivity contribution in [3.8, 4) is 0 Å². The lowest BCUT2D eigenvalue weighted by Gasteiger charge is -2.21. The second-order valence-corrected chi connectivity index (χ2v) is 16.8. The van der Waals surface area contributed by atoms with E-state index in [2.05, 4.69) is 19.2 Å². The van der Waals surface area contributed by atoms with E-state index in [1.54, 1.807) is 6.08 Å². The molecule has 2 unspecified atom stereocenters. The Bertz CT molecular complexity index is 846. The minimum absolute atomic E-state index is 0.273. The van der Waals surface area contributed by atoms with Crippen LogP contribution in [0.15, 0.2) is 12.2 Å². The van der Waals surface area contributed by atoms with Crippen molar-refractivity contribution in [3.63, 3.8) is 0 Å². The smallest absolute Gasteiger partial charge is 0.267 e. The molecule has 2 atom stereocenters. The van der Waals surface area contributed by atoms with Crippen LogP contribution in [0.25, 0.3) is 0 Å². The van der Waals surface area contributed by atoms with Crippen LogP contribution >= 0.6 is 0 Å².